The van der Waals surface area contributed by atoms with Crippen molar-refractivity contribution in [2.24, 2.45) is 41.4 Å². The minimum atomic E-state index is -1.37. The number of hydrogen-bond donors (Lipinski definition) is 5. The number of aliphatic carboxylic acids is 1. The van der Waals surface area contributed by atoms with Gasteiger partial charge in [-0.05, 0) is 120 Å². The van der Waals surface area contributed by atoms with Crippen molar-refractivity contribution in [2.75, 3.05) is 7.11 Å². The summed E-state index contributed by atoms with van der Waals surface area (Å²) in [5.74, 6) is -6.50. The molecule has 7 rings (SSSR count). The SMILES string of the molecule is CCC(C(=O)[O-])C1CCC(C)C(C(C)C(O)C(C)C(=O)C(CC)C2OC3(C=CC(O)C4(CCC(C)(C5CCC(O)(CC)C(C)O5)O4)O3)C(C)CC2C)O1.COc1ccc(C(=O)c2ccccc2O)c(O)c1.[Na+]. The van der Waals surface area contributed by atoms with Gasteiger partial charge in [-0.3, -0.25) is 9.59 Å². The summed E-state index contributed by atoms with van der Waals surface area (Å²) in [5.41, 5.74) is -1.36. The van der Waals surface area contributed by atoms with E-state index in [1.807, 2.05) is 41.5 Å². The van der Waals surface area contributed by atoms with Gasteiger partial charge in [0, 0.05) is 48.0 Å². The van der Waals surface area contributed by atoms with Crippen LogP contribution in [0.25, 0.3) is 0 Å². The zero-order valence-corrected chi connectivity index (χ0v) is 46.7. The molecule has 4 fully saturated rings. The van der Waals surface area contributed by atoms with Crippen LogP contribution in [0.2, 0.25) is 0 Å². The molecule has 5 N–H and O–H groups in total. The van der Waals surface area contributed by atoms with E-state index >= 15 is 0 Å². The standard InChI is InChI=1S/C42H70O11.C14H12O4.Na/c1-11-29(38(46)47)31-15-14-23(4)36(50-31)27(8)34(44)26(7)35(45)30(12-2)37-24(5)22-25(6)41(51-37)19-16-32(43)42(53-41)21-20-39(10,52-42)33-17-18-40(48,13-3)28(9)49-33;1-18-9-6-7-11(13(16)8-9)14(17)10-4-2-3-5-12(10)15;/h16,19,23-34,36-37,43-44,48H,11-15,17-18,20-22H2,1-10H3,(H,46,47);2-8,15-16H,1H3;/q;;+1/p-1. The van der Waals surface area contributed by atoms with Gasteiger partial charge in [0.15, 0.2) is 11.6 Å². The zero-order valence-electron chi connectivity index (χ0n) is 44.7. The number of aliphatic hydroxyl groups excluding tert-OH is 2. The molecule has 396 valence electrons. The van der Waals surface area contributed by atoms with Gasteiger partial charge in [0.1, 0.15) is 29.1 Å². The molecule has 0 saturated carbocycles. The summed E-state index contributed by atoms with van der Waals surface area (Å²) in [6, 6.07) is 10.6. The molecule has 2 aromatic carbocycles. The van der Waals surface area contributed by atoms with Gasteiger partial charge >= 0.3 is 29.6 Å². The molecule has 5 aliphatic rings. The molecule has 18 atom stereocenters. The minimum Gasteiger partial charge on any atom is -0.550 e. The van der Waals surface area contributed by atoms with E-state index in [0.717, 1.165) is 6.42 Å². The maximum atomic E-state index is 14.4. The van der Waals surface area contributed by atoms with E-state index in [1.54, 1.807) is 37.3 Å². The average Bonchev–Trinajstić information content (AvgIpc) is 3.69. The Balaban J connectivity index is 0.000000425. The first-order valence-electron chi connectivity index (χ1n) is 26.0. The Morgan fingerprint density at radius 3 is 2.11 bits per heavy atom. The van der Waals surface area contributed by atoms with Gasteiger partial charge < -0.3 is 63.9 Å². The fourth-order valence-corrected chi connectivity index (χ4v) is 12.1. The Labute approximate surface area is 448 Å². The molecule has 5 heterocycles. The van der Waals surface area contributed by atoms with Gasteiger partial charge in [-0.15, -0.1) is 0 Å². The van der Waals surface area contributed by atoms with Crippen LogP contribution in [0.3, 0.4) is 0 Å². The summed E-state index contributed by atoms with van der Waals surface area (Å²) < 4.78 is 38.4. The first-order valence-corrected chi connectivity index (χ1v) is 26.0. The number of benzene rings is 2. The number of aliphatic hydroxyl groups is 3. The molecule has 18 unspecified atom stereocenters. The first kappa shape index (κ1) is 59.9. The van der Waals surface area contributed by atoms with E-state index in [1.165, 1.54) is 31.4 Å². The molecule has 0 aliphatic carbocycles. The second kappa shape index (κ2) is 24.4. The third-order valence-corrected chi connectivity index (χ3v) is 17.0. The number of ketones is 2. The third kappa shape index (κ3) is 12.2. The van der Waals surface area contributed by atoms with Gasteiger partial charge in [0.2, 0.25) is 5.79 Å². The molecule has 0 radical (unpaired) electrons. The normalized spacial score (nSPS) is 36.5. The number of hydrogen-bond acceptors (Lipinski definition) is 15. The number of methoxy groups -OCH3 is 1. The fourth-order valence-electron chi connectivity index (χ4n) is 12.1. The fraction of sp³-hybridized carbons (Fsp3) is 0.696. The molecule has 0 amide bonds. The van der Waals surface area contributed by atoms with Crippen molar-refractivity contribution in [1.29, 1.82) is 0 Å². The Kier molecular flexibility index (Phi) is 20.3. The Morgan fingerprint density at radius 2 is 1.51 bits per heavy atom. The van der Waals surface area contributed by atoms with Crippen LogP contribution >= 0.6 is 0 Å². The molecule has 16 heteroatoms. The van der Waals surface area contributed by atoms with Crippen LogP contribution in [0.1, 0.15) is 149 Å². The van der Waals surface area contributed by atoms with E-state index in [2.05, 4.69) is 20.8 Å². The number of phenols is 2. The van der Waals surface area contributed by atoms with E-state index in [-0.39, 0.29) is 87.9 Å². The number of phenolic OH excluding ortho intramolecular Hbond substituents is 2. The molecule has 15 nitrogen and oxygen atoms in total. The number of Topliss-reactive ketones (excluding diaryl/α,β-unsaturated/α-hetero) is 1. The summed E-state index contributed by atoms with van der Waals surface area (Å²) in [6.45, 7) is 19.5. The number of aromatic hydroxyl groups is 2. The van der Waals surface area contributed by atoms with Crippen molar-refractivity contribution in [3.8, 4) is 17.2 Å². The van der Waals surface area contributed by atoms with E-state index in [0.29, 0.717) is 63.5 Å². The van der Waals surface area contributed by atoms with Crippen molar-refractivity contribution >= 4 is 17.5 Å². The Morgan fingerprint density at radius 1 is 0.847 bits per heavy atom. The number of para-hydroxylation sites is 1. The zero-order chi connectivity index (χ0) is 52.4. The quantitative estimate of drug-likeness (QED) is 0.0957. The van der Waals surface area contributed by atoms with Crippen molar-refractivity contribution in [2.45, 2.75) is 199 Å². The average molecular weight is 1020 g/mol. The van der Waals surface area contributed by atoms with Crippen LogP contribution in [0, 0.1) is 41.4 Å². The van der Waals surface area contributed by atoms with Crippen LogP contribution in [0.5, 0.6) is 17.2 Å². The van der Waals surface area contributed by atoms with Crippen molar-refractivity contribution in [1.82, 2.24) is 0 Å². The van der Waals surface area contributed by atoms with Crippen LogP contribution in [0.4, 0.5) is 0 Å². The Hall–Kier alpha value is -2.93. The monoisotopic (exact) mass is 1020 g/mol. The molecule has 0 aromatic heterocycles. The predicted octanol–water partition coefficient (Wildman–Crippen LogP) is 4.19. The molecule has 0 bridgehead atoms. The molecular formula is C56H81NaO15. The molecule has 2 aromatic rings. The molecule has 72 heavy (non-hydrogen) atoms. The largest absolute Gasteiger partial charge is 1.00 e. The molecule has 2 spiro atoms. The predicted molar refractivity (Wildman–Crippen MR) is 262 cm³/mol. The van der Waals surface area contributed by atoms with Crippen molar-refractivity contribution in [3.05, 3.63) is 65.7 Å². The maximum Gasteiger partial charge on any atom is 1.00 e. The van der Waals surface area contributed by atoms with E-state index < -0.39 is 88.7 Å². The topological polar surface area (TPSA) is 231 Å². The number of rotatable bonds is 15. The summed E-state index contributed by atoms with van der Waals surface area (Å²) in [5, 5.41) is 65.4. The molecule has 4 saturated heterocycles. The number of carbonyl (C=O) groups excluding carboxylic acids is 3. The second-order valence-corrected chi connectivity index (χ2v) is 21.6. The van der Waals surface area contributed by atoms with Crippen LogP contribution in [-0.4, -0.2) is 116 Å². The molecular weight excluding hydrogens is 936 g/mol. The minimum absolute atomic E-state index is 0. The van der Waals surface area contributed by atoms with E-state index in [4.69, 9.17) is 28.4 Å². The third-order valence-electron chi connectivity index (χ3n) is 17.0. The number of carboxylic acids is 1. The van der Waals surface area contributed by atoms with Gasteiger partial charge in [-0.1, -0.05) is 67.5 Å². The van der Waals surface area contributed by atoms with Crippen molar-refractivity contribution < 1.29 is 103 Å². The first-order chi connectivity index (χ1) is 33.4. The second-order valence-electron chi connectivity index (χ2n) is 21.6. The maximum absolute atomic E-state index is 14.4. The summed E-state index contributed by atoms with van der Waals surface area (Å²) in [4.78, 5) is 38.4. The summed E-state index contributed by atoms with van der Waals surface area (Å²) in [7, 11) is 1.47. The van der Waals surface area contributed by atoms with Gasteiger partial charge in [0.25, 0.3) is 0 Å². The van der Waals surface area contributed by atoms with Gasteiger partial charge in [-0.25, -0.2) is 0 Å². The smallest absolute Gasteiger partial charge is 0.550 e. The van der Waals surface area contributed by atoms with Crippen molar-refractivity contribution in [3.63, 3.8) is 0 Å². The number of ether oxygens (including phenoxy) is 6. The van der Waals surface area contributed by atoms with Gasteiger partial charge in [0.05, 0.1) is 66.1 Å². The van der Waals surface area contributed by atoms with E-state index in [9.17, 15) is 45.0 Å². The van der Waals surface area contributed by atoms with Crippen LogP contribution in [0.15, 0.2) is 54.6 Å². The number of carbonyl (C=O) groups is 3. The molecule has 5 aliphatic heterocycles. The Bertz CT molecular complexity index is 2210. The number of carboxylic acid groups (broad SMARTS) is 1. The van der Waals surface area contributed by atoms with Crippen LogP contribution in [-0.2, 0) is 33.3 Å². The summed E-state index contributed by atoms with van der Waals surface area (Å²) >= 11 is 0. The van der Waals surface area contributed by atoms with Gasteiger partial charge in [-0.2, -0.15) is 0 Å². The van der Waals surface area contributed by atoms with Crippen LogP contribution < -0.4 is 39.4 Å². The summed E-state index contributed by atoms with van der Waals surface area (Å²) in [6.07, 6.45) is 5.22.